The number of pyridine rings is 1. The summed E-state index contributed by atoms with van der Waals surface area (Å²) in [6.07, 6.45) is 4.99. The van der Waals surface area contributed by atoms with E-state index < -0.39 is 0 Å². The van der Waals surface area contributed by atoms with Crippen molar-refractivity contribution >= 4 is 29.2 Å². The van der Waals surface area contributed by atoms with Crippen molar-refractivity contribution < 1.29 is 0 Å². The zero-order valence-electron chi connectivity index (χ0n) is 8.68. The van der Waals surface area contributed by atoms with Crippen molar-refractivity contribution in [1.82, 2.24) is 10.4 Å². The molecule has 0 saturated carbocycles. The first-order chi connectivity index (χ1) is 7.74. The van der Waals surface area contributed by atoms with Gasteiger partial charge in [-0.15, -0.1) is 6.58 Å². The molecule has 0 aliphatic carbocycles. The molecular weight excluding hydrogens is 222 g/mol. The van der Waals surface area contributed by atoms with Gasteiger partial charge in [0.15, 0.2) is 5.11 Å². The van der Waals surface area contributed by atoms with Gasteiger partial charge < -0.3 is 11.1 Å². The number of thiocarbonyl (C=S) groups is 1. The number of nitrogens with zero attached hydrogens (tertiary/aromatic N) is 2. The second kappa shape index (κ2) is 6.52. The van der Waals surface area contributed by atoms with Gasteiger partial charge in [-0.3, -0.25) is 10.4 Å². The molecule has 0 aliphatic rings. The van der Waals surface area contributed by atoms with Crippen molar-refractivity contribution in [3.63, 3.8) is 0 Å². The fourth-order valence-corrected chi connectivity index (χ4v) is 1.06. The molecule has 1 rings (SSSR count). The molecule has 0 fully saturated rings. The number of hydrogen-bond acceptors (Lipinski definition) is 4. The largest absolute Gasteiger partial charge is 0.380 e. The Balaban J connectivity index is 2.73. The van der Waals surface area contributed by atoms with Crippen molar-refractivity contribution in [2.45, 2.75) is 0 Å². The molecule has 84 valence electrons. The molecule has 0 bridgehead atoms. The molecule has 1 heterocycles. The summed E-state index contributed by atoms with van der Waals surface area (Å²) in [6, 6.07) is 3.74. The third-order valence-electron chi connectivity index (χ3n) is 1.64. The molecule has 0 spiro atoms. The van der Waals surface area contributed by atoms with Gasteiger partial charge in [0, 0.05) is 12.7 Å². The van der Waals surface area contributed by atoms with E-state index in [0.717, 1.165) is 5.69 Å². The lowest BCUT2D eigenvalue weighted by atomic mass is 10.3. The van der Waals surface area contributed by atoms with Gasteiger partial charge in [-0.05, 0) is 24.4 Å². The van der Waals surface area contributed by atoms with Crippen LogP contribution >= 0.6 is 12.2 Å². The Bertz CT molecular complexity index is 402. The highest BCUT2D eigenvalue weighted by molar-refractivity contribution is 7.80. The Hall–Kier alpha value is -1.95. The zero-order chi connectivity index (χ0) is 11.8. The number of aromatic nitrogens is 1. The normalized spacial score (nSPS) is 10.0. The minimum Gasteiger partial charge on any atom is -0.380 e. The van der Waals surface area contributed by atoms with Crippen molar-refractivity contribution in [2.75, 3.05) is 11.9 Å². The highest BCUT2D eigenvalue weighted by Crippen LogP contribution is 2.08. The Kier molecular flexibility index (Phi) is 4.94. The smallest absolute Gasteiger partial charge is 0.184 e. The molecule has 0 aromatic carbocycles. The number of anilines is 1. The van der Waals surface area contributed by atoms with Crippen molar-refractivity contribution in [2.24, 2.45) is 10.8 Å². The first-order valence-electron chi connectivity index (χ1n) is 4.62. The van der Waals surface area contributed by atoms with E-state index >= 15 is 0 Å². The third-order valence-corrected chi connectivity index (χ3v) is 1.73. The van der Waals surface area contributed by atoms with Gasteiger partial charge >= 0.3 is 0 Å². The van der Waals surface area contributed by atoms with E-state index in [0.29, 0.717) is 12.2 Å². The average molecular weight is 235 g/mol. The molecular formula is C10H13N5S. The Labute approximate surface area is 99.5 Å². The molecule has 6 heteroatoms. The Morgan fingerprint density at radius 1 is 1.69 bits per heavy atom. The van der Waals surface area contributed by atoms with Gasteiger partial charge in [0.05, 0.1) is 11.9 Å². The van der Waals surface area contributed by atoms with Crippen LogP contribution in [-0.4, -0.2) is 22.9 Å². The van der Waals surface area contributed by atoms with Gasteiger partial charge in [-0.1, -0.05) is 6.08 Å². The minimum absolute atomic E-state index is 0.118. The third kappa shape index (κ3) is 4.05. The first kappa shape index (κ1) is 12.1. The summed E-state index contributed by atoms with van der Waals surface area (Å²) in [6.45, 7) is 4.29. The predicted octanol–water partition coefficient (Wildman–Crippen LogP) is 0.847. The van der Waals surface area contributed by atoms with Crippen LogP contribution in [0.15, 0.2) is 36.1 Å². The lowest BCUT2D eigenvalue weighted by Gasteiger charge is -2.05. The average Bonchev–Trinajstić information content (AvgIpc) is 2.27. The maximum Gasteiger partial charge on any atom is 0.184 e. The molecule has 0 unspecified atom stereocenters. The molecule has 1 aromatic heterocycles. The number of rotatable bonds is 5. The van der Waals surface area contributed by atoms with E-state index in [2.05, 4.69) is 39.6 Å². The summed E-state index contributed by atoms with van der Waals surface area (Å²) in [5.41, 5.74) is 9.27. The SMILES string of the molecule is C=CCNc1cccnc1/C=N/NC(N)=S. The highest BCUT2D eigenvalue weighted by Gasteiger charge is 1.98. The summed E-state index contributed by atoms with van der Waals surface area (Å²) < 4.78 is 0. The molecule has 16 heavy (non-hydrogen) atoms. The second-order valence-corrected chi connectivity index (χ2v) is 3.28. The summed E-state index contributed by atoms with van der Waals surface area (Å²) in [4.78, 5) is 4.16. The van der Waals surface area contributed by atoms with Crippen LogP contribution in [0.1, 0.15) is 5.69 Å². The quantitative estimate of drug-likeness (QED) is 0.305. The maximum absolute atomic E-state index is 5.23. The molecule has 0 saturated heterocycles. The number of hydrogen-bond donors (Lipinski definition) is 3. The van der Waals surface area contributed by atoms with E-state index in [4.69, 9.17) is 5.73 Å². The lowest BCUT2D eigenvalue weighted by molar-refractivity contribution is 1.04. The summed E-state index contributed by atoms with van der Waals surface area (Å²) in [5, 5.41) is 7.10. The maximum atomic E-state index is 5.23. The van der Waals surface area contributed by atoms with Crippen molar-refractivity contribution in [1.29, 1.82) is 0 Å². The van der Waals surface area contributed by atoms with Gasteiger partial charge in [0.1, 0.15) is 5.69 Å². The Morgan fingerprint density at radius 3 is 3.19 bits per heavy atom. The zero-order valence-corrected chi connectivity index (χ0v) is 9.50. The summed E-state index contributed by atoms with van der Waals surface area (Å²) >= 11 is 4.62. The fourth-order valence-electron chi connectivity index (χ4n) is 1.01. The van der Waals surface area contributed by atoms with Crippen molar-refractivity contribution in [3.05, 3.63) is 36.7 Å². The van der Waals surface area contributed by atoms with Crippen LogP contribution in [0.2, 0.25) is 0 Å². The number of hydrazone groups is 1. The topological polar surface area (TPSA) is 75.3 Å². The van der Waals surface area contributed by atoms with Gasteiger partial charge in [0.25, 0.3) is 0 Å². The van der Waals surface area contributed by atoms with Gasteiger partial charge in [-0.2, -0.15) is 5.10 Å². The van der Waals surface area contributed by atoms with Crippen LogP contribution in [0.5, 0.6) is 0 Å². The molecule has 5 nitrogen and oxygen atoms in total. The lowest BCUT2D eigenvalue weighted by Crippen LogP contribution is -2.24. The molecule has 0 amide bonds. The van der Waals surface area contributed by atoms with Crippen molar-refractivity contribution in [3.8, 4) is 0 Å². The van der Waals surface area contributed by atoms with Gasteiger partial charge in [0.2, 0.25) is 0 Å². The predicted molar refractivity (Wildman–Crippen MR) is 70.4 cm³/mol. The monoisotopic (exact) mass is 235 g/mol. The second-order valence-electron chi connectivity index (χ2n) is 2.84. The van der Waals surface area contributed by atoms with Crippen LogP contribution < -0.4 is 16.5 Å². The fraction of sp³-hybridized carbons (Fsp3) is 0.100. The summed E-state index contributed by atoms with van der Waals surface area (Å²) in [7, 11) is 0. The van der Waals surface area contributed by atoms with E-state index in [1.54, 1.807) is 18.5 Å². The molecule has 0 radical (unpaired) electrons. The molecule has 0 atom stereocenters. The Morgan fingerprint density at radius 2 is 2.50 bits per heavy atom. The van der Waals surface area contributed by atoms with Gasteiger partial charge in [-0.25, -0.2) is 0 Å². The standard InChI is InChI=1S/C10H13N5S/c1-2-5-12-8-4-3-6-13-9(8)7-14-15-10(11)16/h2-4,6-7,12H,1,5H2,(H3,11,15,16)/b14-7+. The van der Waals surface area contributed by atoms with Crippen LogP contribution in [-0.2, 0) is 0 Å². The summed E-state index contributed by atoms with van der Waals surface area (Å²) in [5.74, 6) is 0. The molecule has 1 aromatic rings. The first-order valence-corrected chi connectivity index (χ1v) is 5.03. The minimum atomic E-state index is 0.118. The van der Waals surface area contributed by atoms with Crippen LogP contribution in [0.25, 0.3) is 0 Å². The van der Waals surface area contributed by atoms with Crippen LogP contribution in [0.4, 0.5) is 5.69 Å². The van der Waals surface area contributed by atoms with Crippen LogP contribution in [0.3, 0.4) is 0 Å². The molecule has 4 N–H and O–H groups in total. The van der Waals surface area contributed by atoms with Crippen LogP contribution in [0, 0.1) is 0 Å². The molecule has 0 aliphatic heterocycles. The number of nitrogens with one attached hydrogen (secondary N) is 2. The van der Waals surface area contributed by atoms with E-state index in [-0.39, 0.29) is 5.11 Å². The van der Waals surface area contributed by atoms with E-state index in [9.17, 15) is 0 Å². The van der Waals surface area contributed by atoms with E-state index in [1.165, 1.54) is 0 Å². The van der Waals surface area contributed by atoms with E-state index in [1.807, 2.05) is 12.1 Å². The number of nitrogens with two attached hydrogens (primary N) is 1. The highest BCUT2D eigenvalue weighted by atomic mass is 32.1.